The van der Waals surface area contributed by atoms with Crippen LogP contribution in [0.2, 0.25) is 0 Å². The second-order valence-electron chi connectivity index (χ2n) is 5.73. The number of hydrogen-bond donors (Lipinski definition) is 3. The number of anilines is 1. The number of aliphatic hydroxyl groups is 1. The van der Waals surface area contributed by atoms with Gasteiger partial charge in [-0.25, -0.2) is 4.79 Å². The van der Waals surface area contributed by atoms with Crippen molar-refractivity contribution in [3.05, 3.63) is 36.4 Å². The molecule has 1 aromatic carbocycles. The molecular formula is C17H26N2O3. The largest absolute Gasteiger partial charge is 0.489 e. The van der Waals surface area contributed by atoms with Crippen LogP contribution in [0.4, 0.5) is 10.5 Å². The Balaban J connectivity index is 2.60. The Morgan fingerprint density at radius 3 is 2.73 bits per heavy atom. The van der Waals surface area contributed by atoms with E-state index >= 15 is 0 Å². The highest BCUT2D eigenvalue weighted by atomic mass is 16.5. The van der Waals surface area contributed by atoms with Crippen LogP contribution in [0, 0.1) is 5.92 Å². The van der Waals surface area contributed by atoms with Gasteiger partial charge in [0.15, 0.2) is 0 Å². The van der Waals surface area contributed by atoms with Gasteiger partial charge in [-0.3, -0.25) is 0 Å². The first kappa shape index (κ1) is 18.0. The molecule has 0 aliphatic carbocycles. The number of carbonyl (C=O) groups excluding carboxylic acids is 1. The maximum atomic E-state index is 12.0. The van der Waals surface area contributed by atoms with Crippen molar-refractivity contribution >= 4 is 11.7 Å². The standard InChI is InChI=1S/C17H26N2O3/c1-12(2)11-22-15-7-5-6-14(10-15)18-17(21)19-16(8-9-20)13(3)4/h5-7,10,13,16,20H,1,8-9,11H2,2-4H3,(H2,18,19,21). The lowest BCUT2D eigenvalue weighted by atomic mass is 10.0. The average molecular weight is 306 g/mol. The van der Waals surface area contributed by atoms with Crippen molar-refractivity contribution in [1.82, 2.24) is 5.32 Å². The zero-order valence-electron chi connectivity index (χ0n) is 13.6. The minimum Gasteiger partial charge on any atom is -0.489 e. The van der Waals surface area contributed by atoms with Crippen molar-refractivity contribution in [1.29, 1.82) is 0 Å². The quantitative estimate of drug-likeness (QED) is 0.646. The summed E-state index contributed by atoms with van der Waals surface area (Å²) in [5, 5.41) is 14.7. The van der Waals surface area contributed by atoms with Crippen LogP contribution in [-0.2, 0) is 0 Å². The summed E-state index contributed by atoms with van der Waals surface area (Å²) in [5.74, 6) is 0.930. The maximum Gasteiger partial charge on any atom is 0.319 e. The van der Waals surface area contributed by atoms with Gasteiger partial charge in [-0.2, -0.15) is 0 Å². The molecule has 1 unspecified atom stereocenters. The van der Waals surface area contributed by atoms with E-state index in [0.29, 0.717) is 24.5 Å². The predicted molar refractivity (Wildman–Crippen MR) is 89.2 cm³/mol. The zero-order valence-corrected chi connectivity index (χ0v) is 13.6. The van der Waals surface area contributed by atoms with Gasteiger partial charge in [0.1, 0.15) is 12.4 Å². The van der Waals surface area contributed by atoms with E-state index < -0.39 is 0 Å². The molecule has 22 heavy (non-hydrogen) atoms. The summed E-state index contributed by atoms with van der Waals surface area (Å²) in [4.78, 5) is 12.0. The van der Waals surface area contributed by atoms with Crippen molar-refractivity contribution in [3.63, 3.8) is 0 Å². The van der Waals surface area contributed by atoms with Gasteiger partial charge in [0.25, 0.3) is 0 Å². The molecule has 1 rings (SSSR count). The first-order valence-electron chi connectivity index (χ1n) is 7.48. The molecule has 1 atom stereocenters. The molecule has 0 aliphatic heterocycles. The molecule has 122 valence electrons. The lowest BCUT2D eigenvalue weighted by molar-refractivity contribution is 0.227. The third-order valence-electron chi connectivity index (χ3n) is 3.14. The summed E-state index contributed by atoms with van der Waals surface area (Å²) in [6, 6.07) is 6.85. The summed E-state index contributed by atoms with van der Waals surface area (Å²) < 4.78 is 5.54. The highest BCUT2D eigenvalue weighted by Crippen LogP contribution is 2.18. The van der Waals surface area contributed by atoms with Crippen molar-refractivity contribution in [3.8, 4) is 5.75 Å². The lowest BCUT2D eigenvalue weighted by Gasteiger charge is -2.21. The van der Waals surface area contributed by atoms with Crippen LogP contribution < -0.4 is 15.4 Å². The second kappa shape index (κ2) is 9.10. The van der Waals surface area contributed by atoms with Crippen molar-refractivity contribution in [2.24, 2.45) is 5.92 Å². The second-order valence-corrected chi connectivity index (χ2v) is 5.73. The van der Waals surface area contributed by atoms with Crippen LogP contribution in [0.25, 0.3) is 0 Å². The molecule has 0 radical (unpaired) electrons. The van der Waals surface area contributed by atoms with E-state index in [4.69, 9.17) is 9.84 Å². The Labute approximate surface area is 132 Å². The van der Waals surface area contributed by atoms with Gasteiger partial charge >= 0.3 is 6.03 Å². The first-order valence-corrected chi connectivity index (χ1v) is 7.48. The van der Waals surface area contributed by atoms with Gasteiger partial charge in [-0.1, -0.05) is 26.5 Å². The smallest absolute Gasteiger partial charge is 0.319 e. The summed E-state index contributed by atoms with van der Waals surface area (Å²) in [7, 11) is 0. The van der Waals surface area contributed by atoms with Gasteiger partial charge in [0.05, 0.1) is 0 Å². The van der Waals surface area contributed by atoms with E-state index in [-0.39, 0.29) is 24.6 Å². The number of hydrogen-bond acceptors (Lipinski definition) is 3. The summed E-state index contributed by atoms with van der Waals surface area (Å²) in [6.07, 6.45) is 0.535. The third-order valence-corrected chi connectivity index (χ3v) is 3.14. The summed E-state index contributed by atoms with van der Waals surface area (Å²) >= 11 is 0. The number of carbonyl (C=O) groups is 1. The van der Waals surface area contributed by atoms with E-state index in [0.717, 1.165) is 5.57 Å². The lowest BCUT2D eigenvalue weighted by Crippen LogP contribution is -2.41. The molecule has 5 nitrogen and oxygen atoms in total. The molecular weight excluding hydrogens is 280 g/mol. The first-order chi connectivity index (χ1) is 10.4. The van der Waals surface area contributed by atoms with Crippen molar-refractivity contribution in [2.45, 2.75) is 33.2 Å². The van der Waals surface area contributed by atoms with Gasteiger partial charge in [0, 0.05) is 24.4 Å². The summed E-state index contributed by atoms with van der Waals surface area (Å²) in [5.41, 5.74) is 1.59. The fourth-order valence-corrected chi connectivity index (χ4v) is 1.92. The fourth-order valence-electron chi connectivity index (χ4n) is 1.92. The third kappa shape index (κ3) is 6.63. The summed E-state index contributed by atoms with van der Waals surface area (Å²) in [6.45, 7) is 10.2. The Bertz CT molecular complexity index is 500. The van der Waals surface area contributed by atoms with E-state index in [1.165, 1.54) is 0 Å². The maximum absolute atomic E-state index is 12.0. The van der Waals surface area contributed by atoms with Crippen LogP contribution in [-0.4, -0.2) is 30.4 Å². The van der Waals surface area contributed by atoms with E-state index in [9.17, 15) is 4.79 Å². The normalized spacial score (nSPS) is 11.9. The molecule has 0 saturated carbocycles. The Morgan fingerprint density at radius 2 is 2.14 bits per heavy atom. The molecule has 3 N–H and O–H groups in total. The molecule has 1 aromatic rings. The molecule has 0 aromatic heterocycles. The molecule has 0 spiro atoms. The minimum atomic E-state index is -0.288. The number of benzene rings is 1. The van der Waals surface area contributed by atoms with Crippen LogP contribution in [0.1, 0.15) is 27.2 Å². The minimum absolute atomic E-state index is 0.0490. The van der Waals surface area contributed by atoms with Crippen LogP contribution in [0.15, 0.2) is 36.4 Å². The number of aliphatic hydroxyl groups excluding tert-OH is 1. The van der Waals surface area contributed by atoms with Crippen LogP contribution in [0.3, 0.4) is 0 Å². The van der Waals surface area contributed by atoms with E-state index in [1.54, 1.807) is 12.1 Å². The highest BCUT2D eigenvalue weighted by Gasteiger charge is 2.15. The fraction of sp³-hybridized carbons (Fsp3) is 0.471. The van der Waals surface area contributed by atoms with E-state index in [2.05, 4.69) is 17.2 Å². The van der Waals surface area contributed by atoms with Crippen LogP contribution >= 0.6 is 0 Å². The number of amides is 2. The molecule has 0 heterocycles. The Kier molecular flexibility index (Phi) is 7.46. The molecule has 5 heteroatoms. The number of ether oxygens (including phenoxy) is 1. The number of nitrogens with one attached hydrogen (secondary N) is 2. The predicted octanol–water partition coefficient (Wildman–Crippen LogP) is 3.17. The van der Waals surface area contributed by atoms with Gasteiger partial charge < -0.3 is 20.5 Å². The highest BCUT2D eigenvalue weighted by molar-refractivity contribution is 5.89. The Morgan fingerprint density at radius 1 is 1.41 bits per heavy atom. The SMILES string of the molecule is C=C(C)COc1cccc(NC(=O)NC(CCO)C(C)C)c1. The zero-order chi connectivity index (χ0) is 16.5. The Hall–Kier alpha value is -2.01. The molecule has 0 fully saturated rings. The average Bonchev–Trinajstić information content (AvgIpc) is 2.45. The topological polar surface area (TPSA) is 70.6 Å². The van der Waals surface area contributed by atoms with Gasteiger partial charge in [0.2, 0.25) is 0 Å². The van der Waals surface area contributed by atoms with E-state index in [1.807, 2.05) is 32.9 Å². The van der Waals surface area contributed by atoms with Crippen molar-refractivity contribution < 1.29 is 14.6 Å². The van der Waals surface area contributed by atoms with Gasteiger partial charge in [-0.05, 0) is 37.0 Å². The van der Waals surface area contributed by atoms with Crippen molar-refractivity contribution in [2.75, 3.05) is 18.5 Å². The molecule has 2 amide bonds. The number of urea groups is 1. The molecule has 0 aliphatic rings. The molecule has 0 bridgehead atoms. The molecule has 0 saturated heterocycles. The number of rotatable bonds is 8. The monoisotopic (exact) mass is 306 g/mol. The van der Waals surface area contributed by atoms with Gasteiger partial charge in [-0.15, -0.1) is 0 Å². The van der Waals surface area contributed by atoms with Crippen LogP contribution in [0.5, 0.6) is 5.75 Å².